The highest BCUT2D eigenvalue weighted by molar-refractivity contribution is 9.10. The van der Waals surface area contributed by atoms with E-state index in [1.165, 1.54) is 0 Å². The van der Waals surface area contributed by atoms with Crippen molar-refractivity contribution in [3.63, 3.8) is 0 Å². The molecule has 5 N–H and O–H groups in total. The highest BCUT2D eigenvalue weighted by Gasteiger charge is 2.03. The van der Waals surface area contributed by atoms with Gasteiger partial charge in [-0.25, -0.2) is 0 Å². The molecule has 0 spiro atoms. The summed E-state index contributed by atoms with van der Waals surface area (Å²) in [5, 5.41) is 3.08. The third kappa shape index (κ3) is 3.79. The van der Waals surface area contributed by atoms with Crippen molar-refractivity contribution in [3.05, 3.63) is 28.2 Å². The Labute approximate surface area is 108 Å². The molecule has 0 aliphatic heterocycles. The minimum absolute atomic E-state index is 0.295. The van der Waals surface area contributed by atoms with Gasteiger partial charge in [-0.05, 0) is 34.1 Å². The van der Waals surface area contributed by atoms with Crippen LogP contribution in [0.25, 0.3) is 0 Å². The van der Waals surface area contributed by atoms with Gasteiger partial charge < -0.3 is 16.8 Å². The average molecular weight is 302 g/mol. The standard InChI is InChI=1S/C10H12BrN3OS/c11-7-5-6(10(13)16)1-2-8(7)14-4-3-9(12)15/h1-2,5,14H,3-4H2,(H2,12,15)(H2,13,16). The van der Waals surface area contributed by atoms with Crippen molar-refractivity contribution in [2.45, 2.75) is 6.42 Å². The molecule has 0 aliphatic carbocycles. The van der Waals surface area contributed by atoms with Crippen LogP contribution < -0.4 is 16.8 Å². The van der Waals surface area contributed by atoms with Crippen LogP contribution in [-0.2, 0) is 4.79 Å². The predicted octanol–water partition coefficient (Wildman–Crippen LogP) is 1.37. The van der Waals surface area contributed by atoms with E-state index < -0.39 is 0 Å². The minimum atomic E-state index is -0.330. The van der Waals surface area contributed by atoms with E-state index in [9.17, 15) is 4.79 Å². The quantitative estimate of drug-likeness (QED) is 0.718. The summed E-state index contributed by atoms with van der Waals surface area (Å²) in [6, 6.07) is 5.49. The summed E-state index contributed by atoms with van der Waals surface area (Å²) in [5.41, 5.74) is 12.2. The van der Waals surface area contributed by atoms with Crippen LogP contribution in [0, 0.1) is 0 Å². The van der Waals surface area contributed by atoms with Gasteiger partial charge in [-0.1, -0.05) is 12.2 Å². The molecule has 0 bridgehead atoms. The van der Waals surface area contributed by atoms with Gasteiger partial charge in [-0.15, -0.1) is 0 Å². The third-order valence-electron chi connectivity index (χ3n) is 1.94. The molecule has 4 nitrogen and oxygen atoms in total. The number of hydrogen-bond donors (Lipinski definition) is 3. The van der Waals surface area contributed by atoms with Crippen LogP contribution in [-0.4, -0.2) is 17.4 Å². The van der Waals surface area contributed by atoms with E-state index in [-0.39, 0.29) is 5.91 Å². The van der Waals surface area contributed by atoms with E-state index in [1.807, 2.05) is 18.2 Å². The van der Waals surface area contributed by atoms with Gasteiger partial charge in [-0.3, -0.25) is 4.79 Å². The van der Waals surface area contributed by atoms with E-state index in [2.05, 4.69) is 21.2 Å². The van der Waals surface area contributed by atoms with Crippen molar-refractivity contribution in [3.8, 4) is 0 Å². The lowest BCUT2D eigenvalue weighted by Crippen LogP contribution is -2.16. The van der Waals surface area contributed by atoms with Gasteiger partial charge in [-0.2, -0.15) is 0 Å². The second-order valence-electron chi connectivity index (χ2n) is 3.20. The molecule has 1 rings (SSSR count). The Morgan fingerprint density at radius 2 is 2.12 bits per heavy atom. The lowest BCUT2D eigenvalue weighted by molar-refractivity contribution is -0.117. The highest BCUT2D eigenvalue weighted by Crippen LogP contribution is 2.23. The van der Waals surface area contributed by atoms with E-state index in [1.54, 1.807) is 0 Å². The molecule has 1 amide bonds. The molecule has 0 unspecified atom stereocenters. The number of benzene rings is 1. The fraction of sp³-hybridized carbons (Fsp3) is 0.200. The minimum Gasteiger partial charge on any atom is -0.389 e. The second-order valence-corrected chi connectivity index (χ2v) is 4.50. The average Bonchev–Trinajstić information content (AvgIpc) is 2.19. The maximum Gasteiger partial charge on any atom is 0.219 e. The largest absolute Gasteiger partial charge is 0.389 e. The predicted molar refractivity (Wildman–Crippen MR) is 72.3 cm³/mol. The second kappa shape index (κ2) is 5.81. The van der Waals surface area contributed by atoms with Gasteiger partial charge in [0, 0.05) is 28.7 Å². The maximum absolute atomic E-state index is 10.6. The summed E-state index contributed by atoms with van der Waals surface area (Å²) >= 11 is 8.25. The number of nitrogens with one attached hydrogen (secondary N) is 1. The zero-order valence-electron chi connectivity index (χ0n) is 8.50. The first-order valence-corrected chi connectivity index (χ1v) is 5.82. The molecule has 1 aromatic carbocycles. The molecule has 0 heterocycles. The molecular weight excluding hydrogens is 290 g/mol. The molecule has 1 aromatic rings. The van der Waals surface area contributed by atoms with Gasteiger partial charge in [0.1, 0.15) is 4.99 Å². The van der Waals surface area contributed by atoms with Gasteiger partial charge in [0.2, 0.25) is 5.91 Å². The molecule has 0 atom stereocenters. The number of halogens is 1. The van der Waals surface area contributed by atoms with E-state index in [0.717, 1.165) is 15.7 Å². The lowest BCUT2D eigenvalue weighted by Gasteiger charge is -2.08. The zero-order chi connectivity index (χ0) is 12.1. The monoisotopic (exact) mass is 301 g/mol. The number of thiocarbonyl (C=S) groups is 1. The Hall–Kier alpha value is -1.14. The van der Waals surface area contributed by atoms with Gasteiger partial charge in [0.05, 0.1) is 0 Å². The van der Waals surface area contributed by atoms with Crippen LogP contribution in [0.15, 0.2) is 22.7 Å². The summed E-state index contributed by atoms with van der Waals surface area (Å²) in [6.07, 6.45) is 0.295. The molecule has 0 saturated carbocycles. The number of primary amides is 1. The molecular formula is C10H12BrN3OS. The fourth-order valence-electron chi connectivity index (χ4n) is 1.13. The normalized spacial score (nSPS) is 9.81. The van der Waals surface area contributed by atoms with Gasteiger partial charge in [0.25, 0.3) is 0 Å². The smallest absolute Gasteiger partial charge is 0.219 e. The SMILES string of the molecule is NC(=O)CCNc1ccc(C(N)=S)cc1Br. The van der Waals surface area contributed by atoms with E-state index >= 15 is 0 Å². The molecule has 0 saturated heterocycles. The van der Waals surface area contributed by atoms with E-state index in [0.29, 0.717) is 18.0 Å². The molecule has 6 heteroatoms. The topological polar surface area (TPSA) is 81.1 Å². The Kier molecular flexibility index (Phi) is 4.70. The molecule has 86 valence electrons. The zero-order valence-corrected chi connectivity index (χ0v) is 10.9. The maximum atomic E-state index is 10.6. The number of rotatable bonds is 5. The lowest BCUT2D eigenvalue weighted by atomic mass is 10.2. The summed E-state index contributed by atoms with van der Waals surface area (Å²) in [7, 11) is 0. The molecule has 16 heavy (non-hydrogen) atoms. The fourth-order valence-corrected chi connectivity index (χ4v) is 1.78. The Balaban J connectivity index is 2.68. The summed E-state index contributed by atoms with van der Waals surface area (Å²) in [4.78, 5) is 10.9. The summed E-state index contributed by atoms with van der Waals surface area (Å²) in [6.45, 7) is 0.500. The number of amides is 1. The summed E-state index contributed by atoms with van der Waals surface area (Å²) in [5.74, 6) is -0.330. The van der Waals surface area contributed by atoms with Crippen molar-refractivity contribution >= 4 is 44.7 Å². The Bertz CT molecular complexity index is 423. The van der Waals surface area contributed by atoms with Crippen LogP contribution in [0.1, 0.15) is 12.0 Å². The van der Waals surface area contributed by atoms with Crippen LogP contribution >= 0.6 is 28.1 Å². The molecule has 0 radical (unpaired) electrons. The molecule has 0 fully saturated rings. The Morgan fingerprint density at radius 3 is 2.62 bits per heavy atom. The van der Waals surface area contributed by atoms with Crippen molar-refractivity contribution in [1.82, 2.24) is 0 Å². The van der Waals surface area contributed by atoms with Crippen LogP contribution in [0.4, 0.5) is 5.69 Å². The number of anilines is 1. The van der Waals surface area contributed by atoms with Crippen molar-refractivity contribution in [2.24, 2.45) is 11.5 Å². The number of carbonyl (C=O) groups excluding carboxylic acids is 1. The van der Waals surface area contributed by atoms with Crippen molar-refractivity contribution in [2.75, 3.05) is 11.9 Å². The first-order chi connectivity index (χ1) is 7.50. The van der Waals surface area contributed by atoms with Crippen molar-refractivity contribution < 1.29 is 4.79 Å². The van der Waals surface area contributed by atoms with Gasteiger partial charge in [0.15, 0.2) is 0 Å². The van der Waals surface area contributed by atoms with E-state index in [4.69, 9.17) is 23.7 Å². The third-order valence-corrected chi connectivity index (χ3v) is 2.83. The van der Waals surface area contributed by atoms with Crippen LogP contribution in [0.3, 0.4) is 0 Å². The first-order valence-electron chi connectivity index (χ1n) is 4.62. The first kappa shape index (κ1) is 12.9. The Morgan fingerprint density at radius 1 is 1.44 bits per heavy atom. The number of hydrogen-bond acceptors (Lipinski definition) is 3. The molecule has 0 aliphatic rings. The molecule has 0 aromatic heterocycles. The highest BCUT2D eigenvalue weighted by atomic mass is 79.9. The van der Waals surface area contributed by atoms with Gasteiger partial charge >= 0.3 is 0 Å². The van der Waals surface area contributed by atoms with Crippen LogP contribution in [0.5, 0.6) is 0 Å². The number of carbonyl (C=O) groups is 1. The summed E-state index contributed by atoms with van der Waals surface area (Å²) < 4.78 is 0.849. The van der Waals surface area contributed by atoms with Crippen molar-refractivity contribution in [1.29, 1.82) is 0 Å². The number of nitrogens with two attached hydrogens (primary N) is 2. The van der Waals surface area contributed by atoms with Crippen LogP contribution in [0.2, 0.25) is 0 Å².